The third-order valence-corrected chi connectivity index (χ3v) is 3.59. The van der Waals surface area contributed by atoms with Gasteiger partial charge in [-0.15, -0.1) is 0 Å². The molecule has 0 fully saturated rings. The molecule has 1 atom stereocenters. The summed E-state index contributed by atoms with van der Waals surface area (Å²) in [5, 5.41) is 3.04. The van der Waals surface area contributed by atoms with E-state index in [-0.39, 0.29) is 17.9 Å². The van der Waals surface area contributed by atoms with E-state index in [4.69, 9.17) is 5.73 Å². The number of nitrogens with one attached hydrogen (secondary N) is 1. The number of carbonyl (C=O) groups excluding carboxylic acids is 1. The van der Waals surface area contributed by atoms with Gasteiger partial charge >= 0.3 is 0 Å². The lowest BCUT2D eigenvalue weighted by molar-refractivity contribution is 0.0937. The molecule has 0 bridgehead atoms. The largest absolute Gasteiger partial charge is 0.384 e. The summed E-state index contributed by atoms with van der Waals surface area (Å²) >= 11 is 0. The summed E-state index contributed by atoms with van der Waals surface area (Å²) in [5.41, 5.74) is 7.25. The predicted molar refractivity (Wildman–Crippen MR) is 88.4 cm³/mol. The van der Waals surface area contributed by atoms with Crippen molar-refractivity contribution in [3.8, 4) is 0 Å². The van der Waals surface area contributed by atoms with E-state index in [2.05, 4.69) is 24.1 Å². The number of hydrogen-bond acceptors (Lipinski definition) is 3. The molecule has 3 N–H and O–H groups in total. The number of nitrogens with zero attached hydrogens (tertiary/aromatic N) is 1. The Labute approximate surface area is 128 Å². The lowest BCUT2D eigenvalue weighted by atomic mass is 10.1. The van der Waals surface area contributed by atoms with E-state index >= 15 is 0 Å². The van der Waals surface area contributed by atoms with Crippen LogP contribution in [-0.4, -0.2) is 16.9 Å². The van der Waals surface area contributed by atoms with Gasteiger partial charge in [0.15, 0.2) is 0 Å². The predicted octanol–water partition coefficient (Wildman–Crippen LogP) is 3.88. The monoisotopic (exact) mass is 291 g/mol. The number of hydrogen-bond donors (Lipinski definition) is 2. The quantitative estimate of drug-likeness (QED) is 0.714. The zero-order valence-electron chi connectivity index (χ0n) is 13.8. The third kappa shape index (κ3) is 6.15. The number of amides is 1. The highest BCUT2D eigenvalue weighted by molar-refractivity contribution is 5.95. The first-order valence-corrected chi connectivity index (χ1v) is 8.02. The van der Waals surface area contributed by atoms with E-state index in [1.807, 2.05) is 19.9 Å². The molecule has 1 aromatic heterocycles. The molecule has 4 heteroatoms. The van der Waals surface area contributed by atoms with Crippen molar-refractivity contribution in [1.82, 2.24) is 10.3 Å². The molecule has 118 valence electrons. The van der Waals surface area contributed by atoms with Crippen LogP contribution in [0.1, 0.15) is 81.8 Å². The van der Waals surface area contributed by atoms with Crippen molar-refractivity contribution in [3.63, 3.8) is 0 Å². The van der Waals surface area contributed by atoms with Gasteiger partial charge < -0.3 is 11.1 Å². The molecule has 0 saturated heterocycles. The van der Waals surface area contributed by atoms with Crippen molar-refractivity contribution in [2.24, 2.45) is 0 Å². The Morgan fingerprint density at radius 1 is 1.24 bits per heavy atom. The minimum absolute atomic E-state index is 0.0611. The number of anilines is 1. The van der Waals surface area contributed by atoms with E-state index in [9.17, 15) is 4.79 Å². The van der Waals surface area contributed by atoms with Crippen LogP contribution in [0.4, 0.5) is 5.82 Å². The average Bonchev–Trinajstić information content (AvgIpc) is 2.42. The summed E-state index contributed by atoms with van der Waals surface area (Å²) in [6.45, 7) is 8.34. The standard InChI is InChI=1S/C17H29N3O/c1-5-6-7-8-9-13(4)19-17(21)14-10-15(12(2)3)20-16(18)11-14/h10-13H,5-9H2,1-4H3,(H2,18,20)(H,19,21). The van der Waals surface area contributed by atoms with Crippen LogP contribution >= 0.6 is 0 Å². The van der Waals surface area contributed by atoms with Crippen LogP contribution in [0.5, 0.6) is 0 Å². The second-order valence-corrected chi connectivity index (χ2v) is 6.08. The smallest absolute Gasteiger partial charge is 0.251 e. The van der Waals surface area contributed by atoms with Crippen LogP contribution in [0, 0.1) is 0 Å². The average molecular weight is 291 g/mol. The van der Waals surface area contributed by atoms with Gasteiger partial charge in [0.25, 0.3) is 5.91 Å². The third-order valence-electron chi connectivity index (χ3n) is 3.59. The Morgan fingerprint density at radius 2 is 1.95 bits per heavy atom. The molecule has 1 amide bonds. The lowest BCUT2D eigenvalue weighted by Gasteiger charge is -2.15. The molecule has 0 radical (unpaired) electrons. The van der Waals surface area contributed by atoms with Gasteiger partial charge in [-0.25, -0.2) is 4.98 Å². The number of nitrogen functional groups attached to an aromatic ring is 1. The van der Waals surface area contributed by atoms with E-state index in [1.165, 1.54) is 19.3 Å². The van der Waals surface area contributed by atoms with E-state index in [1.54, 1.807) is 6.07 Å². The lowest BCUT2D eigenvalue weighted by Crippen LogP contribution is -2.32. The fourth-order valence-electron chi connectivity index (χ4n) is 2.26. The minimum atomic E-state index is -0.0611. The van der Waals surface area contributed by atoms with Crippen molar-refractivity contribution in [1.29, 1.82) is 0 Å². The molecule has 1 rings (SSSR count). The highest BCUT2D eigenvalue weighted by atomic mass is 16.1. The second-order valence-electron chi connectivity index (χ2n) is 6.08. The molecule has 1 heterocycles. The van der Waals surface area contributed by atoms with Crippen LogP contribution in [0.25, 0.3) is 0 Å². The molecule has 0 aliphatic heterocycles. The van der Waals surface area contributed by atoms with Crippen molar-refractivity contribution in [2.75, 3.05) is 5.73 Å². The molecule has 0 aliphatic carbocycles. The zero-order valence-corrected chi connectivity index (χ0v) is 13.8. The molecule has 21 heavy (non-hydrogen) atoms. The number of carbonyl (C=O) groups is 1. The summed E-state index contributed by atoms with van der Waals surface area (Å²) in [6, 6.07) is 3.66. The normalized spacial score (nSPS) is 12.4. The van der Waals surface area contributed by atoms with Crippen molar-refractivity contribution < 1.29 is 4.79 Å². The van der Waals surface area contributed by atoms with Gasteiger partial charge in [-0.05, 0) is 31.4 Å². The van der Waals surface area contributed by atoms with E-state index < -0.39 is 0 Å². The molecular formula is C17H29N3O. The summed E-state index contributed by atoms with van der Waals surface area (Å²) in [5.74, 6) is 0.599. The molecule has 1 aromatic rings. The van der Waals surface area contributed by atoms with Gasteiger partial charge in [0.05, 0.1) is 0 Å². The van der Waals surface area contributed by atoms with Gasteiger partial charge in [0, 0.05) is 17.3 Å². The van der Waals surface area contributed by atoms with Crippen LogP contribution in [0.3, 0.4) is 0 Å². The van der Waals surface area contributed by atoms with Gasteiger partial charge in [-0.3, -0.25) is 4.79 Å². The molecule has 0 aliphatic rings. The Hall–Kier alpha value is -1.58. The van der Waals surface area contributed by atoms with Gasteiger partial charge in [0.2, 0.25) is 0 Å². The Morgan fingerprint density at radius 3 is 2.57 bits per heavy atom. The van der Waals surface area contributed by atoms with Crippen LogP contribution in [0.15, 0.2) is 12.1 Å². The highest BCUT2D eigenvalue weighted by Gasteiger charge is 2.13. The maximum atomic E-state index is 12.3. The molecule has 1 unspecified atom stereocenters. The van der Waals surface area contributed by atoms with Gasteiger partial charge in [-0.2, -0.15) is 0 Å². The second kappa shape index (κ2) is 8.65. The first kappa shape index (κ1) is 17.5. The van der Waals surface area contributed by atoms with Gasteiger partial charge in [0.1, 0.15) is 5.82 Å². The minimum Gasteiger partial charge on any atom is -0.384 e. The number of unbranched alkanes of at least 4 members (excludes halogenated alkanes) is 3. The summed E-state index contributed by atoms with van der Waals surface area (Å²) in [7, 11) is 0. The zero-order chi connectivity index (χ0) is 15.8. The first-order chi connectivity index (χ1) is 9.93. The molecule has 0 saturated carbocycles. The molecular weight excluding hydrogens is 262 g/mol. The number of nitrogens with two attached hydrogens (primary N) is 1. The fraction of sp³-hybridized carbons (Fsp3) is 0.647. The Bertz CT molecular complexity index is 457. The molecule has 0 aromatic carbocycles. The summed E-state index contributed by atoms with van der Waals surface area (Å²) in [4.78, 5) is 16.5. The first-order valence-electron chi connectivity index (χ1n) is 8.02. The van der Waals surface area contributed by atoms with Crippen molar-refractivity contribution in [3.05, 3.63) is 23.4 Å². The van der Waals surface area contributed by atoms with Crippen molar-refractivity contribution in [2.45, 2.75) is 71.8 Å². The summed E-state index contributed by atoms with van der Waals surface area (Å²) < 4.78 is 0. The number of pyridine rings is 1. The van der Waals surface area contributed by atoms with Crippen LogP contribution in [0.2, 0.25) is 0 Å². The number of aromatic nitrogens is 1. The fourth-order valence-corrected chi connectivity index (χ4v) is 2.26. The van der Waals surface area contributed by atoms with E-state index in [0.717, 1.165) is 18.5 Å². The van der Waals surface area contributed by atoms with Crippen molar-refractivity contribution >= 4 is 11.7 Å². The van der Waals surface area contributed by atoms with E-state index in [0.29, 0.717) is 11.4 Å². The van der Waals surface area contributed by atoms with Gasteiger partial charge in [-0.1, -0.05) is 46.5 Å². The molecule has 0 spiro atoms. The SMILES string of the molecule is CCCCCCC(C)NC(=O)c1cc(N)nc(C(C)C)c1. The Balaban J connectivity index is 2.58. The molecule has 4 nitrogen and oxygen atoms in total. The number of rotatable bonds is 8. The topological polar surface area (TPSA) is 68.0 Å². The Kier molecular flexibility index (Phi) is 7.20. The summed E-state index contributed by atoms with van der Waals surface area (Å²) in [6.07, 6.45) is 5.90. The van der Waals surface area contributed by atoms with Crippen LogP contribution < -0.4 is 11.1 Å². The van der Waals surface area contributed by atoms with Crippen LogP contribution in [-0.2, 0) is 0 Å². The highest BCUT2D eigenvalue weighted by Crippen LogP contribution is 2.16. The maximum absolute atomic E-state index is 12.3. The maximum Gasteiger partial charge on any atom is 0.251 e.